The normalized spacial score (nSPS) is 10.6. The zero-order valence-corrected chi connectivity index (χ0v) is 12.1. The third-order valence-corrected chi connectivity index (χ3v) is 3.19. The molecule has 2 aromatic heterocycles. The highest BCUT2D eigenvalue weighted by Crippen LogP contribution is 2.20. The molecule has 5 nitrogen and oxygen atoms in total. The molecular formula is C16H12F2N4O. The van der Waals surface area contributed by atoms with E-state index in [0.29, 0.717) is 16.9 Å². The van der Waals surface area contributed by atoms with Crippen molar-refractivity contribution in [2.45, 2.75) is 6.92 Å². The van der Waals surface area contributed by atoms with E-state index >= 15 is 0 Å². The highest BCUT2D eigenvalue weighted by Gasteiger charge is 2.13. The number of halogens is 2. The maximum Gasteiger partial charge on any atom is 0.273 e. The Hall–Kier alpha value is -3.09. The zero-order chi connectivity index (χ0) is 16.4. The quantitative estimate of drug-likeness (QED) is 0.779. The van der Waals surface area contributed by atoms with Gasteiger partial charge in [0.25, 0.3) is 5.91 Å². The smallest absolute Gasteiger partial charge is 0.273 e. The first-order valence-corrected chi connectivity index (χ1v) is 6.78. The highest BCUT2D eigenvalue weighted by atomic mass is 19.2. The fourth-order valence-electron chi connectivity index (χ4n) is 2.06. The Morgan fingerprint density at radius 1 is 1.13 bits per heavy atom. The Balaban J connectivity index is 1.81. The number of aryl methyl sites for hydroxylation is 1. The fourth-order valence-corrected chi connectivity index (χ4v) is 2.06. The highest BCUT2D eigenvalue weighted by molar-refractivity contribution is 6.03. The lowest BCUT2D eigenvalue weighted by atomic mass is 10.1. The molecule has 116 valence electrons. The lowest BCUT2D eigenvalue weighted by Gasteiger charge is -2.03. The summed E-state index contributed by atoms with van der Waals surface area (Å²) in [6.45, 7) is 1.81. The van der Waals surface area contributed by atoms with Crippen LogP contribution in [0.15, 0.2) is 42.6 Å². The minimum atomic E-state index is -0.969. The average molecular weight is 314 g/mol. The first-order valence-electron chi connectivity index (χ1n) is 6.78. The molecule has 7 heteroatoms. The maximum absolute atomic E-state index is 13.3. The van der Waals surface area contributed by atoms with Gasteiger partial charge in [-0.2, -0.15) is 5.10 Å². The lowest BCUT2D eigenvalue weighted by molar-refractivity contribution is 0.102. The number of nitrogens with one attached hydrogen (secondary N) is 2. The second kappa shape index (κ2) is 5.96. The zero-order valence-electron chi connectivity index (χ0n) is 12.1. The molecule has 3 rings (SSSR count). The van der Waals surface area contributed by atoms with Crippen molar-refractivity contribution in [1.29, 1.82) is 0 Å². The Morgan fingerprint density at radius 3 is 2.70 bits per heavy atom. The van der Waals surface area contributed by atoms with Crippen LogP contribution in [0.2, 0.25) is 0 Å². The predicted octanol–water partition coefficient (Wildman–Crippen LogP) is 3.31. The van der Waals surface area contributed by atoms with Gasteiger partial charge in [-0.1, -0.05) is 0 Å². The molecule has 0 saturated carbocycles. The molecule has 1 aromatic carbocycles. The number of carbonyl (C=O) groups excluding carboxylic acids is 1. The van der Waals surface area contributed by atoms with Crippen molar-refractivity contribution in [3.05, 3.63) is 65.6 Å². The van der Waals surface area contributed by atoms with Crippen LogP contribution in [-0.4, -0.2) is 21.1 Å². The fraction of sp³-hybridized carbons (Fsp3) is 0.0625. The topological polar surface area (TPSA) is 70.7 Å². The van der Waals surface area contributed by atoms with Crippen molar-refractivity contribution in [2.75, 3.05) is 5.32 Å². The Bertz CT molecular complexity index is 876. The van der Waals surface area contributed by atoms with Gasteiger partial charge in [0.05, 0.1) is 5.69 Å². The predicted molar refractivity (Wildman–Crippen MR) is 80.9 cm³/mol. The summed E-state index contributed by atoms with van der Waals surface area (Å²) >= 11 is 0. The van der Waals surface area contributed by atoms with E-state index in [1.807, 2.05) is 6.92 Å². The molecule has 0 aliphatic heterocycles. The monoisotopic (exact) mass is 314 g/mol. The van der Waals surface area contributed by atoms with Crippen LogP contribution >= 0.6 is 0 Å². The van der Waals surface area contributed by atoms with Crippen molar-refractivity contribution in [2.24, 2.45) is 0 Å². The number of amides is 1. The number of hydrogen-bond donors (Lipinski definition) is 2. The number of carbonyl (C=O) groups is 1. The number of hydrogen-bond acceptors (Lipinski definition) is 3. The molecule has 23 heavy (non-hydrogen) atoms. The van der Waals surface area contributed by atoms with Gasteiger partial charge in [0.1, 0.15) is 5.69 Å². The molecule has 0 spiro atoms. The summed E-state index contributed by atoms with van der Waals surface area (Å²) in [5.74, 6) is -2.30. The molecule has 0 unspecified atom stereocenters. The van der Waals surface area contributed by atoms with Crippen LogP contribution < -0.4 is 5.32 Å². The van der Waals surface area contributed by atoms with E-state index in [-0.39, 0.29) is 5.69 Å². The molecule has 3 aromatic rings. The first kappa shape index (κ1) is 14.8. The van der Waals surface area contributed by atoms with Gasteiger partial charge in [-0.15, -0.1) is 0 Å². The summed E-state index contributed by atoms with van der Waals surface area (Å²) in [6.07, 6.45) is 1.59. The molecular weight excluding hydrogens is 302 g/mol. The van der Waals surface area contributed by atoms with E-state index in [2.05, 4.69) is 20.5 Å². The molecule has 0 aliphatic rings. The number of rotatable bonds is 3. The summed E-state index contributed by atoms with van der Waals surface area (Å²) in [7, 11) is 0. The second-order valence-corrected chi connectivity index (χ2v) is 4.94. The van der Waals surface area contributed by atoms with Crippen LogP contribution in [0, 0.1) is 18.6 Å². The van der Waals surface area contributed by atoms with Crippen LogP contribution in [-0.2, 0) is 0 Å². The van der Waals surface area contributed by atoms with Crippen molar-refractivity contribution < 1.29 is 13.6 Å². The third-order valence-electron chi connectivity index (χ3n) is 3.19. The van der Waals surface area contributed by atoms with Crippen molar-refractivity contribution in [3.8, 4) is 11.3 Å². The van der Waals surface area contributed by atoms with Gasteiger partial charge in [-0.05, 0) is 43.3 Å². The van der Waals surface area contributed by atoms with E-state index in [4.69, 9.17) is 0 Å². The molecule has 0 radical (unpaired) electrons. The lowest BCUT2D eigenvalue weighted by Crippen LogP contribution is -2.12. The Morgan fingerprint density at radius 2 is 1.96 bits per heavy atom. The number of aromatic nitrogens is 3. The molecule has 2 N–H and O–H groups in total. The molecule has 1 amide bonds. The van der Waals surface area contributed by atoms with Gasteiger partial charge in [-0.3, -0.25) is 14.9 Å². The van der Waals surface area contributed by atoms with Crippen LogP contribution in [0.4, 0.5) is 14.5 Å². The van der Waals surface area contributed by atoms with Crippen molar-refractivity contribution in [1.82, 2.24) is 15.2 Å². The van der Waals surface area contributed by atoms with Gasteiger partial charge in [0, 0.05) is 23.1 Å². The van der Waals surface area contributed by atoms with Gasteiger partial charge >= 0.3 is 0 Å². The van der Waals surface area contributed by atoms with Gasteiger partial charge in [0.15, 0.2) is 11.6 Å². The summed E-state index contributed by atoms with van der Waals surface area (Å²) in [5.41, 5.74) is 2.31. The molecule has 0 fully saturated rings. The van der Waals surface area contributed by atoms with Crippen LogP contribution in [0.1, 0.15) is 16.2 Å². The second-order valence-electron chi connectivity index (χ2n) is 4.94. The van der Waals surface area contributed by atoms with E-state index in [0.717, 1.165) is 17.8 Å². The van der Waals surface area contributed by atoms with E-state index in [1.165, 1.54) is 12.1 Å². The van der Waals surface area contributed by atoms with Crippen LogP contribution in [0.25, 0.3) is 11.3 Å². The minimum Gasteiger partial charge on any atom is -0.321 e. The van der Waals surface area contributed by atoms with Gasteiger partial charge in [0.2, 0.25) is 0 Å². The number of pyridine rings is 1. The van der Waals surface area contributed by atoms with Crippen molar-refractivity contribution in [3.63, 3.8) is 0 Å². The van der Waals surface area contributed by atoms with E-state index in [1.54, 1.807) is 18.3 Å². The molecule has 0 aliphatic carbocycles. The number of aromatic amines is 1. The van der Waals surface area contributed by atoms with E-state index < -0.39 is 17.5 Å². The Kier molecular flexibility index (Phi) is 3.84. The number of nitrogens with zero attached hydrogens (tertiary/aromatic N) is 2. The van der Waals surface area contributed by atoms with Crippen LogP contribution in [0.5, 0.6) is 0 Å². The minimum absolute atomic E-state index is 0.208. The first-order chi connectivity index (χ1) is 11.0. The van der Waals surface area contributed by atoms with Gasteiger partial charge in [-0.25, -0.2) is 8.78 Å². The van der Waals surface area contributed by atoms with Crippen molar-refractivity contribution >= 4 is 11.6 Å². The maximum atomic E-state index is 13.3. The molecule has 2 heterocycles. The standard InChI is InChI=1S/C16H12F2N4O/c1-9-6-11(4-5-19-9)20-16(23)15-8-14(21-22-15)10-2-3-12(17)13(18)7-10/h2-8H,1H3,(H,21,22)(H,19,20,23). The third kappa shape index (κ3) is 3.23. The summed E-state index contributed by atoms with van der Waals surface area (Å²) in [5, 5.41) is 9.23. The number of benzene rings is 1. The van der Waals surface area contributed by atoms with E-state index in [9.17, 15) is 13.6 Å². The molecule has 0 bridgehead atoms. The van der Waals surface area contributed by atoms with Crippen LogP contribution in [0.3, 0.4) is 0 Å². The largest absolute Gasteiger partial charge is 0.321 e. The molecule has 0 atom stereocenters. The van der Waals surface area contributed by atoms with Gasteiger partial charge < -0.3 is 5.32 Å². The summed E-state index contributed by atoms with van der Waals surface area (Å²) < 4.78 is 26.2. The molecule has 0 saturated heterocycles. The SMILES string of the molecule is Cc1cc(NC(=O)c2cc(-c3ccc(F)c(F)c3)n[nH]2)ccn1. The summed E-state index contributed by atoms with van der Waals surface area (Å²) in [6, 6.07) is 8.29. The summed E-state index contributed by atoms with van der Waals surface area (Å²) in [4.78, 5) is 16.2. The average Bonchev–Trinajstić information content (AvgIpc) is 3.00. The number of H-pyrrole nitrogens is 1. The Labute approximate surface area is 130 Å². The number of anilines is 1.